The van der Waals surface area contributed by atoms with E-state index in [0.717, 1.165) is 22.9 Å². The summed E-state index contributed by atoms with van der Waals surface area (Å²) >= 11 is 1.62. The van der Waals surface area contributed by atoms with Gasteiger partial charge < -0.3 is 0 Å². The molecule has 2 aromatic rings. The van der Waals surface area contributed by atoms with Crippen molar-refractivity contribution in [3.63, 3.8) is 0 Å². The van der Waals surface area contributed by atoms with Crippen LogP contribution in [-0.4, -0.2) is 15.0 Å². The first-order valence-corrected chi connectivity index (χ1v) is 5.81. The third-order valence-corrected chi connectivity index (χ3v) is 3.02. The molecule has 84 valence electrons. The second kappa shape index (κ2) is 5.11. The SMILES string of the molecule is Cc1nccc(C(Cc2nccs2)NN)n1. The highest BCUT2D eigenvalue weighted by molar-refractivity contribution is 7.09. The van der Waals surface area contributed by atoms with Crippen molar-refractivity contribution >= 4 is 11.3 Å². The Labute approximate surface area is 97.7 Å². The van der Waals surface area contributed by atoms with Gasteiger partial charge in [0.25, 0.3) is 0 Å². The van der Waals surface area contributed by atoms with Crippen LogP contribution in [-0.2, 0) is 6.42 Å². The molecule has 0 spiro atoms. The minimum atomic E-state index is -0.0205. The first-order chi connectivity index (χ1) is 7.79. The van der Waals surface area contributed by atoms with Crippen LogP contribution in [0.1, 0.15) is 22.6 Å². The van der Waals surface area contributed by atoms with Gasteiger partial charge in [0.2, 0.25) is 0 Å². The van der Waals surface area contributed by atoms with Crippen LogP contribution in [0, 0.1) is 6.92 Å². The van der Waals surface area contributed by atoms with Crippen LogP contribution in [0.25, 0.3) is 0 Å². The van der Waals surface area contributed by atoms with E-state index in [0.29, 0.717) is 0 Å². The molecule has 0 saturated heterocycles. The average Bonchev–Trinajstić information content (AvgIpc) is 2.78. The molecule has 0 aliphatic carbocycles. The fourth-order valence-electron chi connectivity index (χ4n) is 1.45. The molecule has 1 atom stereocenters. The Bertz CT molecular complexity index is 442. The molecule has 0 amide bonds. The molecule has 16 heavy (non-hydrogen) atoms. The van der Waals surface area contributed by atoms with E-state index in [1.807, 2.05) is 18.4 Å². The summed E-state index contributed by atoms with van der Waals surface area (Å²) in [6.07, 6.45) is 4.27. The van der Waals surface area contributed by atoms with Crippen molar-refractivity contribution in [3.8, 4) is 0 Å². The van der Waals surface area contributed by atoms with Crippen molar-refractivity contribution in [1.82, 2.24) is 20.4 Å². The molecular weight excluding hydrogens is 222 g/mol. The highest BCUT2D eigenvalue weighted by atomic mass is 32.1. The smallest absolute Gasteiger partial charge is 0.125 e. The van der Waals surface area contributed by atoms with Crippen LogP contribution >= 0.6 is 11.3 Å². The monoisotopic (exact) mass is 235 g/mol. The number of hydrazine groups is 1. The number of aryl methyl sites for hydroxylation is 1. The van der Waals surface area contributed by atoms with Gasteiger partial charge in [-0.15, -0.1) is 11.3 Å². The summed E-state index contributed by atoms with van der Waals surface area (Å²) in [4.78, 5) is 12.6. The molecule has 3 N–H and O–H groups in total. The van der Waals surface area contributed by atoms with Crippen LogP contribution < -0.4 is 11.3 Å². The summed E-state index contributed by atoms with van der Waals surface area (Å²) in [6.45, 7) is 1.86. The third-order valence-electron chi connectivity index (χ3n) is 2.22. The predicted molar refractivity (Wildman–Crippen MR) is 62.7 cm³/mol. The normalized spacial score (nSPS) is 12.6. The molecule has 0 fully saturated rings. The topological polar surface area (TPSA) is 76.7 Å². The van der Waals surface area contributed by atoms with E-state index >= 15 is 0 Å². The zero-order chi connectivity index (χ0) is 11.4. The van der Waals surface area contributed by atoms with Crippen molar-refractivity contribution in [3.05, 3.63) is 40.4 Å². The van der Waals surface area contributed by atoms with Gasteiger partial charge in [0.1, 0.15) is 5.82 Å². The Balaban J connectivity index is 2.16. The largest absolute Gasteiger partial charge is 0.271 e. The summed E-state index contributed by atoms with van der Waals surface area (Å²) in [6, 6.07) is 1.85. The van der Waals surface area contributed by atoms with Gasteiger partial charge in [0, 0.05) is 24.2 Å². The van der Waals surface area contributed by atoms with Gasteiger partial charge in [-0.1, -0.05) is 0 Å². The standard InChI is InChI=1S/C10H13N5S/c1-7-12-3-2-8(14-7)9(15-11)6-10-13-4-5-16-10/h2-5,9,15H,6,11H2,1H3. The fraction of sp³-hybridized carbons (Fsp3) is 0.300. The van der Waals surface area contributed by atoms with E-state index < -0.39 is 0 Å². The van der Waals surface area contributed by atoms with Crippen LogP contribution in [0.5, 0.6) is 0 Å². The quantitative estimate of drug-likeness (QED) is 0.610. The molecule has 5 nitrogen and oxygen atoms in total. The maximum Gasteiger partial charge on any atom is 0.125 e. The zero-order valence-corrected chi connectivity index (χ0v) is 9.74. The van der Waals surface area contributed by atoms with E-state index in [-0.39, 0.29) is 6.04 Å². The second-order valence-electron chi connectivity index (χ2n) is 3.38. The maximum atomic E-state index is 5.54. The number of hydrogen-bond acceptors (Lipinski definition) is 6. The molecule has 0 aromatic carbocycles. The molecule has 2 heterocycles. The molecule has 0 aliphatic rings. The first-order valence-electron chi connectivity index (χ1n) is 4.93. The van der Waals surface area contributed by atoms with Crippen molar-refractivity contribution in [1.29, 1.82) is 0 Å². The molecule has 0 aliphatic heterocycles. The number of rotatable bonds is 4. The van der Waals surface area contributed by atoms with Gasteiger partial charge in [0.05, 0.1) is 16.7 Å². The maximum absolute atomic E-state index is 5.54. The van der Waals surface area contributed by atoms with E-state index in [2.05, 4.69) is 20.4 Å². The van der Waals surface area contributed by atoms with Crippen LogP contribution in [0.4, 0.5) is 0 Å². The summed E-state index contributed by atoms with van der Waals surface area (Å²) < 4.78 is 0. The number of nitrogens with zero attached hydrogens (tertiary/aromatic N) is 3. The molecule has 2 rings (SSSR count). The summed E-state index contributed by atoms with van der Waals surface area (Å²) in [5.74, 6) is 6.29. The molecule has 0 bridgehead atoms. The zero-order valence-electron chi connectivity index (χ0n) is 8.92. The Hall–Kier alpha value is -1.37. The van der Waals surface area contributed by atoms with Gasteiger partial charge in [-0.25, -0.2) is 15.0 Å². The van der Waals surface area contributed by atoms with Crippen LogP contribution in [0.2, 0.25) is 0 Å². The first kappa shape index (κ1) is 11.1. The second-order valence-corrected chi connectivity index (χ2v) is 4.36. The lowest BCUT2D eigenvalue weighted by Gasteiger charge is -2.13. The lowest BCUT2D eigenvalue weighted by atomic mass is 10.1. The molecule has 0 radical (unpaired) electrons. The Morgan fingerprint density at radius 2 is 2.31 bits per heavy atom. The van der Waals surface area contributed by atoms with Crippen LogP contribution in [0.15, 0.2) is 23.8 Å². The lowest BCUT2D eigenvalue weighted by molar-refractivity contribution is 0.534. The lowest BCUT2D eigenvalue weighted by Crippen LogP contribution is -2.30. The highest BCUT2D eigenvalue weighted by Gasteiger charge is 2.13. The number of thiazole rings is 1. The Kier molecular flexibility index (Phi) is 3.55. The summed E-state index contributed by atoms with van der Waals surface area (Å²) in [7, 11) is 0. The third kappa shape index (κ3) is 2.60. The van der Waals surface area contributed by atoms with Gasteiger partial charge in [-0.2, -0.15) is 0 Å². The molecule has 1 unspecified atom stereocenters. The van der Waals surface area contributed by atoms with Crippen molar-refractivity contribution in [2.75, 3.05) is 0 Å². The van der Waals surface area contributed by atoms with E-state index in [9.17, 15) is 0 Å². The van der Waals surface area contributed by atoms with Crippen LogP contribution in [0.3, 0.4) is 0 Å². The van der Waals surface area contributed by atoms with Crippen molar-refractivity contribution in [2.24, 2.45) is 5.84 Å². The van der Waals surface area contributed by atoms with Crippen molar-refractivity contribution in [2.45, 2.75) is 19.4 Å². The number of nitrogens with two attached hydrogens (primary N) is 1. The summed E-state index contributed by atoms with van der Waals surface area (Å²) in [5.41, 5.74) is 3.65. The van der Waals surface area contributed by atoms with E-state index in [1.54, 1.807) is 23.7 Å². The van der Waals surface area contributed by atoms with E-state index in [1.165, 1.54) is 0 Å². The minimum Gasteiger partial charge on any atom is -0.271 e. The predicted octanol–water partition coefficient (Wildman–Crippen LogP) is 0.989. The fourth-order valence-corrected chi connectivity index (χ4v) is 2.11. The molecule has 2 aromatic heterocycles. The number of hydrogen-bond donors (Lipinski definition) is 2. The number of aromatic nitrogens is 3. The highest BCUT2D eigenvalue weighted by Crippen LogP contribution is 2.16. The average molecular weight is 235 g/mol. The van der Waals surface area contributed by atoms with E-state index in [4.69, 9.17) is 5.84 Å². The van der Waals surface area contributed by atoms with Crippen molar-refractivity contribution < 1.29 is 0 Å². The van der Waals surface area contributed by atoms with Gasteiger partial charge in [-0.05, 0) is 13.0 Å². The van der Waals surface area contributed by atoms with Gasteiger partial charge in [-0.3, -0.25) is 11.3 Å². The van der Waals surface area contributed by atoms with Gasteiger partial charge in [0.15, 0.2) is 0 Å². The van der Waals surface area contributed by atoms with Gasteiger partial charge >= 0.3 is 0 Å². The minimum absolute atomic E-state index is 0.0205. The Morgan fingerprint density at radius 1 is 1.44 bits per heavy atom. The summed E-state index contributed by atoms with van der Waals surface area (Å²) in [5, 5.41) is 2.99. The number of nitrogens with one attached hydrogen (secondary N) is 1. The Morgan fingerprint density at radius 3 is 2.94 bits per heavy atom. The molecule has 0 saturated carbocycles. The molecule has 6 heteroatoms. The molecular formula is C10H13N5S.